The zero-order chi connectivity index (χ0) is 31.2. The van der Waals surface area contributed by atoms with Gasteiger partial charge in [-0.3, -0.25) is 14.4 Å². The maximum Gasteiger partial charge on any atom is 0.258 e. The number of para-hydroxylation sites is 1. The van der Waals surface area contributed by atoms with E-state index in [-0.39, 0.29) is 24.8 Å². The maximum atomic E-state index is 13.8. The highest BCUT2D eigenvalue weighted by Gasteiger charge is 2.50. The van der Waals surface area contributed by atoms with Crippen molar-refractivity contribution in [3.63, 3.8) is 0 Å². The molecule has 0 aromatic heterocycles. The summed E-state index contributed by atoms with van der Waals surface area (Å²) in [6, 6.07) is 11.2. The zero-order valence-corrected chi connectivity index (χ0v) is 26.8. The summed E-state index contributed by atoms with van der Waals surface area (Å²) in [6.45, 7) is 15.4. The van der Waals surface area contributed by atoms with Gasteiger partial charge in [-0.1, -0.05) is 30.3 Å². The molecule has 3 atom stereocenters. The molecular weight excluding hydrogens is 554 g/mol. The number of aryl methyl sites for hydroxylation is 2. The second-order valence-electron chi connectivity index (χ2n) is 12.2. The number of amides is 3. The third-order valence-electron chi connectivity index (χ3n) is 7.00. The molecule has 0 radical (unpaired) electrons. The fourth-order valence-corrected chi connectivity index (χ4v) is 6.13. The Bertz CT molecular complexity index is 1240. The molecule has 2 aromatic rings. The van der Waals surface area contributed by atoms with Crippen LogP contribution in [0.25, 0.3) is 0 Å². The Morgan fingerprint density at radius 1 is 1.07 bits per heavy atom. The van der Waals surface area contributed by atoms with Crippen LogP contribution in [-0.4, -0.2) is 75.3 Å². The van der Waals surface area contributed by atoms with Crippen LogP contribution in [0.1, 0.15) is 58.2 Å². The van der Waals surface area contributed by atoms with Crippen LogP contribution < -0.4 is 20.1 Å². The summed E-state index contributed by atoms with van der Waals surface area (Å²) in [5.74, 6) is 0.186. The van der Waals surface area contributed by atoms with Crippen LogP contribution in [-0.2, 0) is 20.8 Å². The minimum absolute atomic E-state index is 0.178. The Hall–Kier alpha value is -3.24. The quantitative estimate of drug-likeness (QED) is 0.360. The van der Waals surface area contributed by atoms with Crippen LogP contribution in [0.5, 0.6) is 11.5 Å². The molecule has 1 heterocycles. The van der Waals surface area contributed by atoms with Gasteiger partial charge in [-0.05, 0) is 90.6 Å². The van der Waals surface area contributed by atoms with Crippen molar-refractivity contribution in [3.05, 3.63) is 59.2 Å². The van der Waals surface area contributed by atoms with Crippen molar-refractivity contribution in [1.82, 2.24) is 15.5 Å². The Morgan fingerprint density at radius 2 is 1.69 bits per heavy atom. The predicted molar refractivity (Wildman–Crippen MR) is 166 cm³/mol. The Balaban J connectivity index is 1.83. The van der Waals surface area contributed by atoms with E-state index >= 15 is 0 Å². The SMILES string of the molecule is CCOc1ccc(C[C@H](NC(=O)COc2c(C)cccc2C)[C@H](O)C(=O)N2CSC(C)(C)[C@H]2C(=O)NC(C)(C)C)cc1. The topological polar surface area (TPSA) is 117 Å². The molecule has 0 aliphatic carbocycles. The van der Waals surface area contributed by atoms with Crippen molar-refractivity contribution in [3.8, 4) is 11.5 Å². The molecule has 3 rings (SSSR count). The second kappa shape index (κ2) is 13.8. The van der Waals surface area contributed by atoms with E-state index in [2.05, 4.69) is 10.6 Å². The summed E-state index contributed by atoms with van der Waals surface area (Å²) in [5.41, 5.74) is 2.10. The number of nitrogens with one attached hydrogen (secondary N) is 2. The van der Waals surface area contributed by atoms with Crippen LogP contribution in [0.4, 0.5) is 0 Å². The van der Waals surface area contributed by atoms with Crippen LogP contribution in [0.3, 0.4) is 0 Å². The van der Waals surface area contributed by atoms with Crippen LogP contribution in [0, 0.1) is 13.8 Å². The lowest BCUT2D eigenvalue weighted by molar-refractivity contribution is -0.148. The van der Waals surface area contributed by atoms with E-state index in [1.807, 2.05) is 97.9 Å². The molecular formula is C32H45N3O6S. The predicted octanol–water partition coefficient (Wildman–Crippen LogP) is 3.76. The van der Waals surface area contributed by atoms with Gasteiger partial charge in [0.1, 0.15) is 17.5 Å². The van der Waals surface area contributed by atoms with Crippen molar-refractivity contribution in [2.45, 2.75) is 90.3 Å². The molecule has 230 valence electrons. The van der Waals surface area contributed by atoms with Gasteiger partial charge in [0.25, 0.3) is 11.8 Å². The molecule has 1 fully saturated rings. The third kappa shape index (κ3) is 8.64. The molecule has 3 N–H and O–H groups in total. The molecule has 1 aliphatic rings. The molecule has 0 bridgehead atoms. The number of aliphatic hydroxyl groups is 1. The number of carbonyl (C=O) groups is 3. The first kappa shape index (κ1) is 33.3. The molecule has 1 aliphatic heterocycles. The summed E-state index contributed by atoms with van der Waals surface area (Å²) < 4.78 is 10.8. The minimum Gasteiger partial charge on any atom is -0.494 e. The molecule has 0 unspecified atom stereocenters. The van der Waals surface area contributed by atoms with Gasteiger partial charge in [0.15, 0.2) is 12.7 Å². The number of nitrogens with zero attached hydrogens (tertiary/aromatic N) is 1. The van der Waals surface area contributed by atoms with Crippen LogP contribution in [0.2, 0.25) is 0 Å². The van der Waals surface area contributed by atoms with E-state index in [4.69, 9.17) is 9.47 Å². The fraction of sp³-hybridized carbons (Fsp3) is 0.531. The van der Waals surface area contributed by atoms with Crippen molar-refractivity contribution in [2.24, 2.45) is 0 Å². The summed E-state index contributed by atoms with van der Waals surface area (Å²) >= 11 is 1.47. The highest BCUT2D eigenvalue weighted by atomic mass is 32.2. The Labute approximate surface area is 253 Å². The van der Waals surface area contributed by atoms with Gasteiger partial charge in [-0.25, -0.2) is 0 Å². The number of rotatable bonds is 11. The standard InChI is InChI=1S/C32H45N3O6S/c1-9-40-23-15-13-22(14-16-23)17-24(33-25(36)18-41-27-20(2)11-10-12-21(27)3)26(37)30(39)35-19-42-32(7,8)28(35)29(38)34-31(4,5)6/h10-16,24,26,28,37H,9,17-19H2,1-8H3,(H,33,36)(H,34,38)/t24-,26-,28+/m0/s1. The molecule has 9 nitrogen and oxygen atoms in total. The van der Waals surface area contributed by atoms with Crippen molar-refractivity contribution >= 4 is 29.5 Å². The lowest BCUT2D eigenvalue weighted by Gasteiger charge is -2.35. The van der Waals surface area contributed by atoms with Crippen molar-refractivity contribution in [1.29, 1.82) is 0 Å². The molecule has 1 saturated heterocycles. The van der Waals surface area contributed by atoms with E-state index in [1.165, 1.54) is 16.7 Å². The molecule has 42 heavy (non-hydrogen) atoms. The van der Waals surface area contributed by atoms with Gasteiger partial charge in [-0.2, -0.15) is 0 Å². The number of carbonyl (C=O) groups excluding carboxylic acids is 3. The number of ether oxygens (including phenoxy) is 2. The van der Waals surface area contributed by atoms with Gasteiger partial charge in [0.2, 0.25) is 5.91 Å². The lowest BCUT2D eigenvalue weighted by atomic mass is 9.96. The number of thioether (sulfide) groups is 1. The monoisotopic (exact) mass is 599 g/mol. The van der Waals surface area contributed by atoms with Crippen LogP contribution >= 0.6 is 11.8 Å². The smallest absolute Gasteiger partial charge is 0.258 e. The van der Waals surface area contributed by atoms with Crippen LogP contribution in [0.15, 0.2) is 42.5 Å². The van der Waals surface area contributed by atoms with Gasteiger partial charge in [-0.15, -0.1) is 11.8 Å². The second-order valence-corrected chi connectivity index (χ2v) is 13.8. The number of benzene rings is 2. The van der Waals surface area contributed by atoms with Gasteiger partial charge < -0.3 is 30.1 Å². The number of hydrogen-bond donors (Lipinski definition) is 3. The summed E-state index contributed by atoms with van der Waals surface area (Å²) in [4.78, 5) is 41.6. The largest absolute Gasteiger partial charge is 0.494 e. The summed E-state index contributed by atoms with van der Waals surface area (Å²) in [7, 11) is 0. The zero-order valence-electron chi connectivity index (χ0n) is 25.9. The first-order valence-electron chi connectivity index (χ1n) is 14.3. The van der Waals surface area contributed by atoms with E-state index < -0.39 is 40.3 Å². The fourth-order valence-electron chi connectivity index (χ4n) is 4.99. The summed E-state index contributed by atoms with van der Waals surface area (Å²) in [5, 5.41) is 17.2. The minimum atomic E-state index is -1.60. The van der Waals surface area contributed by atoms with Gasteiger partial charge in [0, 0.05) is 10.3 Å². The van der Waals surface area contributed by atoms with E-state index in [0.717, 1.165) is 16.7 Å². The summed E-state index contributed by atoms with van der Waals surface area (Å²) in [6.07, 6.45) is -1.42. The number of aliphatic hydroxyl groups excluding tert-OH is 1. The maximum absolute atomic E-state index is 13.8. The van der Waals surface area contributed by atoms with Gasteiger partial charge in [0.05, 0.1) is 18.5 Å². The van der Waals surface area contributed by atoms with E-state index in [0.29, 0.717) is 18.1 Å². The van der Waals surface area contributed by atoms with Gasteiger partial charge >= 0.3 is 0 Å². The Kier molecular flexibility index (Phi) is 10.9. The first-order valence-corrected chi connectivity index (χ1v) is 15.3. The average molecular weight is 600 g/mol. The molecule has 2 aromatic carbocycles. The molecule has 10 heteroatoms. The lowest BCUT2D eigenvalue weighted by Crippen LogP contribution is -2.60. The van der Waals surface area contributed by atoms with Crippen molar-refractivity contribution in [2.75, 3.05) is 19.1 Å². The molecule has 0 saturated carbocycles. The number of hydrogen-bond acceptors (Lipinski definition) is 7. The average Bonchev–Trinajstić information content (AvgIpc) is 3.22. The van der Waals surface area contributed by atoms with E-state index in [1.54, 1.807) is 0 Å². The first-order chi connectivity index (χ1) is 19.6. The molecule has 3 amide bonds. The normalized spacial score (nSPS) is 17.7. The van der Waals surface area contributed by atoms with E-state index in [9.17, 15) is 19.5 Å². The molecule has 0 spiro atoms. The third-order valence-corrected chi connectivity index (χ3v) is 8.38. The highest BCUT2D eigenvalue weighted by molar-refractivity contribution is 8.00. The highest BCUT2D eigenvalue weighted by Crippen LogP contribution is 2.40. The Morgan fingerprint density at radius 3 is 2.26 bits per heavy atom. The van der Waals surface area contributed by atoms with Crippen molar-refractivity contribution < 1.29 is 29.0 Å².